The van der Waals surface area contributed by atoms with Crippen molar-refractivity contribution in [1.29, 1.82) is 0 Å². The van der Waals surface area contributed by atoms with E-state index in [0.717, 1.165) is 66.2 Å². The lowest BCUT2D eigenvalue weighted by Gasteiger charge is -2.26. The summed E-state index contributed by atoms with van der Waals surface area (Å²) in [6.45, 7) is 6.79. The lowest BCUT2D eigenvalue weighted by Crippen LogP contribution is -2.43. The summed E-state index contributed by atoms with van der Waals surface area (Å²) >= 11 is 1.59. The third kappa shape index (κ3) is 3.63. The third-order valence-corrected chi connectivity index (χ3v) is 5.26. The predicted molar refractivity (Wildman–Crippen MR) is 98.0 cm³/mol. The van der Waals surface area contributed by atoms with Crippen LogP contribution in [0.25, 0.3) is 22.0 Å². The molecular formula is C18H20FN5S. The normalized spacial score (nSPS) is 15.6. The van der Waals surface area contributed by atoms with Crippen LogP contribution in [-0.2, 0) is 6.54 Å². The van der Waals surface area contributed by atoms with Crippen LogP contribution >= 0.6 is 11.3 Å². The number of hydrogen-bond donors (Lipinski definition) is 2. The Kier molecular flexibility index (Phi) is 4.61. The number of thiazole rings is 1. The minimum Gasteiger partial charge on any atom is -0.338 e. The van der Waals surface area contributed by atoms with E-state index in [-0.39, 0.29) is 5.82 Å². The van der Waals surface area contributed by atoms with Crippen molar-refractivity contribution in [3.05, 3.63) is 47.0 Å². The molecule has 7 heteroatoms. The Morgan fingerprint density at radius 3 is 2.60 bits per heavy atom. The van der Waals surface area contributed by atoms with Crippen molar-refractivity contribution >= 4 is 11.3 Å². The maximum absolute atomic E-state index is 13.3. The molecule has 1 saturated heterocycles. The zero-order valence-corrected chi connectivity index (χ0v) is 14.9. The number of benzene rings is 1. The number of nitrogens with zero attached hydrogens (tertiary/aromatic N) is 3. The fourth-order valence-electron chi connectivity index (χ4n) is 3.02. The van der Waals surface area contributed by atoms with Gasteiger partial charge >= 0.3 is 0 Å². The summed E-state index contributed by atoms with van der Waals surface area (Å²) in [7, 11) is 0. The number of piperazine rings is 1. The van der Waals surface area contributed by atoms with E-state index in [9.17, 15) is 4.39 Å². The molecule has 4 rings (SSSR count). The van der Waals surface area contributed by atoms with E-state index in [1.165, 1.54) is 12.1 Å². The van der Waals surface area contributed by atoms with Crippen LogP contribution in [-0.4, -0.2) is 46.0 Å². The molecule has 25 heavy (non-hydrogen) atoms. The van der Waals surface area contributed by atoms with Crippen LogP contribution in [0, 0.1) is 12.7 Å². The highest BCUT2D eigenvalue weighted by molar-refractivity contribution is 7.13. The molecule has 0 saturated carbocycles. The van der Waals surface area contributed by atoms with E-state index in [4.69, 9.17) is 4.98 Å². The highest BCUT2D eigenvalue weighted by Crippen LogP contribution is 2.32. The number of hydrogen-bond acceptors (Lipinski definition) is 5. The monoisotopic (exact) mass is 357 g/mol. The molecule has 0 aliphatic carbocycles. The zero-order valence-electron chi connectivity index (χ0n) is 14.1. The Bertz CT molecular complexity index is 849. The number of aryl methyl sites for hydroxylation is 1. The molecule has 0 amide bonds. The first-order chi connectivity index (χ1) is 12.2. The summed E-state index contributed by atoms with van der Waals surface area (Å²) in [5, 5.41) is 6.30. The fourth-order valence-corrected chi connectivity index (χ4v) is 3.82. The third-order valence-electron chi connectivity index (χ3n) is 4.29. The standard InChI is InChI=1S/C18H20FN5S/c1-12-11-25-18(21-12)17-16(13-2-4-14(19)5-3-13)22-15(23-17)10-24-8-6-20-7-9-24/h2-5,11,20H,6-10H2,1H3,(H,22,23). The summed E-state index contributed by atoms with van der Waals surface area (Å²) in [6.07, 6.45) is 0. The maximum Gasteiger partial charge on any atom is 0.142 e. The van der Waals surface area contributed by atoms with Gasteiger partial charge in [-0.15, -0.1) is 11.3 Å². The van der Waals surface area contributed by atoms with E-state index in [2.05, 4.69) is 20.2 Å². The quantitative estimate of drug-likeness (QED) is 0.754. The second-order valence-corrected chi connectivity index (χ2v) is 7.09. The van der Waals surface area contributed by atoms with Gasteiger partial charge < -0.3 is 10.3 Å². The first-order valence-electron chi connectivity index (χ1n) is 8.39. The van der Waals surface area contributed by atoms with Crippen molar-refractivity contribution in [3.8, 4) is 22.0 Å². The van der Waals surface area contributed by atoms with Gasteiger partial charge in [0.05, 0.1) is 12.2 Å². The van der Waals surface area contributed by atoms with E-state index in [0.29, 0.717) is 0 Å². The Morgan fingerprint density at radius 2 is 1.92 bits per heavy atom. The molecule has 0 atom stereocenters. The topological polar surface area (TPSA) is 56.8 Å². The zero-order chi connectivity index (χ0) is 17.2. The Morgan fingerprint density at radius 1 is 1.16 bits per heavy atom. The van der Waals surface area contributed by atoms with Gasteiger partial charge in [-0.05, 0) is 31.2 Å². The number of aromatic amines is 1. The largest absolute Gasteiger partial charge is 0.338 e. The Labute approximate surface area is 149 Å². The summed E-state index contributed by atoms with van der Waals surface area (Å²) in [5.41, 5.74) is 3.63. The minimum absolute atomic E-state index is 0.244. The van der Waals surface area contributed by atoms with Crippen molar-refractivity contribution in [2.24, 2.45) is 0 Å². The van der Waals surface area contributed by atoms with Crippen LogP contribution < -0.4 is 5.32 Å². The van der Waals surface area contributed by atoms with Crippen molar-refractivity contribution < 1.29 is 4.39 Å². The lowest BCUT2D eigenvalue weighted by atomic mass is 10.1. The first-order valence-corrected chi connectivity index (χ1v) is 9.27. The van der Waals surface area contributed by atoms with E-state index in [1.54, 1.807) is 23.5 Å². The molecule has 0 bridgehead atoms. The van der Waals surface area contributed by atoms with Gasteiger partial charge in [0.2, 0.25) is 0 Å². The van der Waals surface area contributed by atoms with E-state index >= 15 is 0 Å². The van der Waals surface area contributed by atoms with Crippen molar-refractivity contribution in [2.45, 2.75) is 13.5 Å². The molecule has 1 aliphatic rings. The van der Waals surface area contributed by atoms with Crippen LogP contribution in [0.5, 0.6) is 0 Å². The Balaban J connectivity index is 1.70. The number of aromatic nitrogens is 3. The highest BCUT2D eigenvalue weighted by Gasteiger charge is 2.19. The SMILES string of the molecule is Cc1csc(-c2[nH]c(CN3CCNCC3)nc2-c2ccc(F)cc2)n1. The van der Waals surface area contributed by atoms with Crippen LogP contribution in [0.4, 0.5) is 4.39 Å². The second kappa shape index (κ2) is 7.03. The van der Waals surface area contributed by atoms with Crippen LogP contribution in [0.1, 0.15) is 11.5 Å². The molecule has 5 nitrogen and oxygen atoms in total. The van der Waals surface area contributed by atoms with Crippen LogP contribution in [0.15, 0.2) is 29.6 Å². The lowest BCUT2D eigenvalue weighted by molar-refractivity contribution is 0.228. The summed E-state index contributed by atoms with van der Waals surface area (Å²) < 4.78 is 13.3. The Hall–Kier alpha value is -2.09. The van der Waals surface area contributed by atoms with E-state index < -0.39 is 0 Å². The number of halogens is 1. The molecule has 0 unspecified atom stereocenters. The number of H-pyrrole nitrogens is 1. The predicted octanol–water partition coefficient (Wildman–Crippen LogP) is 3.05. The molecule has 1 fully saturated rings. The van der Waals surface area contributed by atoms with Gasteiger partial charge in [-0.1, -0.05) is 0 Å². The average molecular weight is 357 g/mol. The molecular weight excluding hydrogens is 337 g/mol. The van der Waals surface area contributed by atoms with Gasteiger partial charge in [0.1, 0.15) is 22.3 Å². The smallest absolute Gasteiger partial charge is 0.142 e. The molecule has 130 valence electrons. The highest BCUT2D eigenvalue weighted by atomic mass is 32.1. The van der Waals surface area contributed by atoms with Gasteiger partial charge in [-0.2, -0.15) is 0 Å². The first kappa shape index (κ1) is 16.4. The molecule has 3 aromatic rings. The summed E-state index contributed by atoms with van der Waals surface area (Å²) in [6, 6.07) is 6.47. The van der Waals surface area contributed by atoms with Crippen LogP contribution in [0.2, 0.25) is 0 Å². The molecule has 1 aliphatic heterocycles. The van der Waals surface area contributed by atoms with Gasteiger partial charge in [-0.3, -0.25) is 4.90 Å². The van der Waals surface area contributed by atoms with Crippen molar-refractivity contribution in [1.82, 2.24) is 25.2 Å². The maximum atomic E-state index is 13.3. The molecule has 0 spiro atoms. The average Bonchev–Trinajstić information content (AvgIpc) is 3.23. The molecule has 1 aromatic carbocycles. The second-order valence-electron chi connectivity index (χ2n) is 6.23. The van der Waals surface area contributed by atoms with Gasteiger partial charge in [0.15, 0.2) is 0 Å². The van der Waals surface area contributed by atoms with Gasteiger partial charge in [0, 0.05) is 42.8 Å². The van der Waals surface area contributed by atoms with Gasteiger partial charge in [0.25, 0.3) is 0 Å². The minimum atomic E-state index is -0.244. The fraction of sp³-hybridized carbons (Fsp3) is 0.333. The molecule has 0 radical (unpaired) electrons. The van der Waals surface area contributed by atoms with Crippen molar-refractivity contribution in [2.75, 3.05) is 26.2 Å². The molecule has 2 aromatic heterocycles. The number of imidazole rings is 1. The molecule has 2 N–H and O–H groups in total. The number of rotatable bonds is 4. The van der Waals surface area contributed by atoms with Gasteiger partial charge in [-0.25, -0.2) is 14.4 Å². The van der Waals surface area contributed by atoms with Crippen LogP contribution in [0.3, 0.4) is 0 Å². The summed E-state index contributed by atoms with van der Waals surface area (Å²) in [4.78, 5) is 15.2. The number of nitrogens with one attached hydrogen (secondary N) is 2. The molecule has 3 heterocycles. The van der Waals surface area contributed by atoms with E-state index in [1.807, 2.05) is 12.3 Å². The van der Waals surface area contributed by atoms with Crippen molar-refractivity contribution in [3.63, 3.8) is 0 Å². The summed E-state index contributed by atoms with van der Waals surface area (Å²) in [5.74, 6) is 0.677.